The summed E-state index contributed by atoms with van der Waals surface area (Å²) >= 11 is 0. The van der Waals surface area contributed by atoms with Gasteiger partial charge in [0, 0.05) is 0 Å². The van der Waals surface area contributed by atoms with E-state index < -0.39 is 0 Å². The van der Waals surface area contributed by atoms with Gasteiger partial charge in [-0.1, -0.05) is 32.6 Å². The zero-order valence-corrected chi connectivity index (χ0v) is 10.1. The molecule has 3 atom stereocenters. The Morgan fingerprint density at radius 1 is 1.07 bits per heavy atom. The van der Waals surface area contributed by atoms with E-state index in [1.807, 2.05) is 0 Å². The molecular formula is C14H23N. The molecule has 2 aliphatic rings. The van der Waals surface area contributed by atoms with Crippen molar-refractivity contribution in [2.24, 2.45) is 23.2 Å². The summed E-state index contributed by atoms with van der Waals surface area (Å²) in [6.45, 7) is 4.59. The van der Waals surface area contributed by atoms with Crippen LogP contribution in [0.15, 0.2) is 0 Å². The minimum atomic E-state index is -0.0214. The molecule has 2 fully saturated rings. The van der Waals surface area contributed by atoms with Crippen LogP contribution in [0.1, 0.15) is 58.8 Å². The van der Waals surface area contributed by atoms with E-state index in [1.165, 1.54) is 44.9 Å². The van der Waals surface area contributed by atoms with Gasteiger partial charge >= 0.3 is 0 Å². The molecule has 1 heteroatoms. The number of rotatable bonds is 2. The average Bonchev–Trinajstić information content (AvgIpc) is 2.87. The van der Waals surface area contributed by atoms with Crippen molar-refractivity contribution in [1.82, 2.24) is 0 Å². The van der Waals surface area contributed by atoms with Gasteiger partial charge in [0.05, 0.1) is 11.5 Å². The van der Waals surface area contributed by atoms with E-state index in [-0.39, 0.29) is 5.41 Å². The predicted octanol–water partition coefficient (Wildman–Crippen LogP) is 4.14. The normalized spacial score (nSPS) is 36.3. The fourth-order valence-corrected chi connectivity index (χ4v) is 4.04. The summed E-state index contributed by atoms with van der Waals surface area (Å²) in [6.07, 6.45) is 9.28. The fourth-order valence-electron chi connectivity index (χ4n) is 4.04. The molecule has 0 unspecified atom stereocenters. The van der Waals surface area contributed by atoms with Crippen LogP contribution in [0.25, 0.3) is 0 Å². The number of hydrogen-bond donors (Lipinski definition) is 0. The summed E-state index contributed by atoms with van der Waals surface area (Å²) in [5, 5.41) is 9.57. The van der Waals surface area contributed by atoms with Crippen molar-refractivity contribution in [1.29, 1.82) is 5.26 Å². The van der Waals surface area contributed by atoms with Crippen LogP contribution in [-0.2, 0) is 0 Å². The van der Waals surface area contributed by atoms with E-state index in [4.69, 9.17) is 0 Å². The number of nitriles is 1. The first kappa shape index (κ1) is 11.0. The molecule has 0 spiro atoms. The zero-order chi connectivity index (χ0) is 10.9. The summed E-state index contributed by atoms with van der Waals surface area (Å²) in [5.74, 6) is 2.13. The molecule has 0 saturated heterocycles. The zero-order valence-electron chi connectivity index (χ0n) is 10.1. The Morgan fingerprint density at radius 2 is 1.73 bits per heavy atom. The highest BCUT2D eigenvalue weighted by atomic mass is 14.5. The van der Waals surface area contributed by atoms with Crippen molar-refractivity contribution in [3.63, 3.8) is 0 Å². The third-order valence-electron chi connectivity index (χ3n) is 5.08. The van der Waals surface area contributed by atoms with Crippen molar-refractivity contribution in [3.05, 3.63) is 0 Å². The lowest BCUT2D eigenvalue weighted by molar-refractivity contribution is 0.134. The molecule has 0 amide bonds. The molecule has 0 aromatic rings. The Hall–Kier alpha value is -0.510. The van der Waals surface area contributed by atoms with E-state index in [9.17, 15) is 5.26 Å². The molecule has 0 aromatic heterocycles. The number of nitrogens with zero attached hydrogens (tertiary/aromatic N) is 1. The van der Waals surface area contributed by atoms with Gasteiger partial charge in [-0.2, -0.15) is 5.26 Å². The van der Waals surface area contributed by atoms with Gasteiger partial charge in [-0.25, -0.2) is 0 Å². The lowest BCUT2D eigenvalue weighted by atomic mass is 9.65. The second-order valence-corrected chi connectivity index (χ2v) is 5.89. The van der Waals surface area contributed by atoms with Crippen LogP contribution in [-0.4, -0.2) is 0 Å². The maximum absolute atomic E-state index is 9.57. The molecular weight excluding hydrogens is 182 g/mol. The number of hydrogen-bond acceptors (Lipinski definition) is 1. The maximum atomic E-state index is 9.57. The molecule has 0 bridgehead atoms. The fraction of sp³-hybridized carbons (Fsp3) is 0.929. The topological polar surface area (TPSA) is 23.8 Å². The van der Waals surface area contributed by atoms with Gasteiger partial charge in [0.25, 0.3) is 0 Å². The van der Waals surface area contributed by atoms with Crippen LogP contribution >= 0.6 is 0 Å². The quantitative estimate of drug-likeness (QED) is 0.664. The van der Waals surface area contributed by atoms with Crippen LogP contribution in [0.3, 0.4) is 0 Å². The predicted molar refractivity (Wildman–Crippen MR) is 62.2 cm³/mol. The molecule has 0 heterocycles. The molecule has 2 aliphatic carbocycles. The first-order valence-corrected chi connectivity index (χ1v) is 6.59. The van der Waals surface area contributed by atoms with Crippen molar-refractivity contribution in [3.8, 4) is 6.07 Å². The Balaban J connectivity index is 2.16. The SMILES string of the molecule is C[C@@H]1CCC[C@H]1[C@@](C)(C#N)C1CCCC1. The third kappa shape index (κ3) is 1.80. The van der Waals surface area contributed by atoms with E-state index in [1.54, 1.807) is 0 Å². The Labute approximate surface area is 93.9 Å². The lowest BCUT2D eigenvalue weighted by Crippen LogP contribution is -2.34. The van der Waals surface area contributed by atoms with Crippen molar-refractivity contribution in [2.75, 3.05) is 0 Å². The standard InChI is InChI=1S/C14H23N/c1-11-6-5-9-13(11)14(2,10-15)12-7-3-4-8-12/h11-13H,3-9H2,1-2H3/t11-,13-,14+/m1/s1. The van der Waals surface area contributed by atoms with Crippen molar-refractivity contribution in [2.45, 2.75) is 58.8 Å². The summed E-state index contributed by atoms with van der Waals surface area (Å²) in [7, 11) is 0. The van der Waals surface area contributed by atoms with Crippen molar-refractivity contribution < 1.29 is 0 Å². The van der Waals surface area contributed by atoms with Crippen LogP contribution in [0.4, 0.5) is 0 Å². The monoisotopic (exact) mass is 205 g/mol. The van der Waals surface area contributed by atoms with E-state index in [0.717, 1.165) is 5.92 Å². The van der Waals surface area contributed by atoms with Crippen LogP contribution in [0.2, 0.25) is 0 Å². The Morgan fingerprint density at radius 3 is 2.20 bits per heavy atom. The summed E-state index contributed by atoms with van der Waals surface area (Å²) < 4.78 is 0. The highest BCUT2D eigenvalue weighted by molar-refractivity contribution is 5.07. The molecule has 84 valence electrons. The molecule has 0 aromatic carbocycles. The largest absolute Gasteiger partial charge is 0.198 e. The van der Waals surface area contributed by atoms with Gasteiger partial charge in [-0.15, -0.1) is 0 Å². The van der Waals surface area contributed by atoms with Gasteiger partial charge < -0.3 is 0 Å². The average molecular weight is 205 g/mol. The first-order valence-electron chi connectivity index (χ1n) is 6.59. The van der Waals surface area contributed by atoms with Gasteiger partial charge in [-0.05, 0) is 43.9 Å². The summed E-state index contributed by atoms with van der Waals surface area (Å²) in [5.41, 5.74) is -0.0214. The van der Waals surface area contributed by atoms with Gasteiger partial charge in [0.15, 0.2) is 0 Å². The van der Waals surface area contributed by atoms with Gasteiger partial charge in [-0.3, -0.25) is 0 Å². The maximum Gasteiger partial charge on any atom is 0.0692 e. The molecule has 2 saturated carbocycles. The third-order valence-corrected chi connectivity index (χ3v) is 5.08. The molecule has 15 heavy (non-hydrogen) atoms. The van der Waals surface area contributed by atoms with E-state index in [2.05, 4.69) is 19.9 Å². The van der Waals surface area contributed by atoms with Crippen molar-refractivity contribution >= 4 is 0 Å². The second kappa shape index (κ2) is 4.16. The van der Waals surface area contributed by atoms with Gasteiger partial charge in [0.2, 0.25) is 0 Å². The van der Waals surface area contributed by atoms with Crippen LogP contribution in [0.5, 0.6) is 0 Å². The highest BCUT2D eigenvalue weighted by Gasteiger charge is 2.46. The van der Waals surface area contributed by atoms with E-state index >= 15 is 0 Å². The molecule has 0 aliphatic heterocycles. The van der Waals surface area contributed by atoms with E-state index in [0.29, 0.717) is 11.8 Å². The highest BCUT2D eigenvalue weighted by Crippen LogP contribution is 2.51. The smallest absolute Gasteiger partial charge is 0.0692 e. The summed E-state index contributed by atoms with van der Waals surface area (Å²) in [4.78, 5) is 0. The van der Waals surface area contributed by atoms with Crippen LogP contribution < -0.4 is 0 Å². The molecule has 0 radical (unpaired) electrons. The van der Waals surface area contributed by atoms with Crippen LogP contribution in [0, 0.1) is 34.5 Å². The minimum Gasteiger partial charge on any atom is -0.198 e. The molecule has 0 N–H and O–H groups in total. The first-order chi connectivity index (χ1) is 7.18. The minimum absolute atomic E-state index is 0.0214. The molecule has 2 rings (SSSR count). The second-order valence-electron chi connectivity index (χ2n) is 5.89. The lowest BCUT2D eigenvalue weighted by Gasteiger charge is -2.37. The summed E-state index contributed by atoms with van der Waals surface area (Å²) in [6, 6.07) is 2.69. The Kier molecular flexibility index (Phi) is 3.05. The van der Waals surface area contributed by atoms with Gasteiger partial charge in [0.1, 0.15) is 0 Å². The molecule has 1 nitrogen and oxygen atoms in total. The Bertz CT molecular complexity index is 259.